The van der Waals surface area contributed by atoms with E-state index in [1.807, 2.05) is 23.1 Å². The predicted molar refractivity (Wildman–Crippen MR) is 77.3 cm³/mol. The molecule has 0 fully saturated rings. The maximum Gasteiger partial charge on any atom is 0.229 e. The van der Waals surface area contributed by atoms with Crippen molar-refractivity contribution in [2.24, 2.45) is 0 Å². The third-order valence-electron chi connectivity index (χ3n) is 3.40. The van der Waals surface area contributed by atoms with Gasteiger partial charge < -0.3 is 15.4 Å². The fourth-order valence-electron chi connectivity index (χ4n) is 2.45. The van der Waals surface area contributed by atoms with Crippen LogP contribution in [0.2, 0.25) is 0 Å². The van der Waals surface area contributed by atoms with Crippen LogP contribution in [0.4, 0.5) is 11.4 Å². The Kier molecular flexibility index (Phi) is 4.80. The number of fused-ring (bicyclic) bond motifs is 1. The third kappa shape index (κ3) is 3.26. The number of carbonyl (C=O) groups excluding carboxylic acids is 1. The number of nitrogens with zero attached hydrogens (tertiary/aromatic N) is 1. The highest BCUT2D eigenvalue weighted by molar-refractivity contribution is 5.95. The smallest absolute Gasteiger partial charge is 0.229 e. The van der Waals surface area contributed by atoms with Crippen LogP contribution in [0, 0.1) is 0 Å². The van der Waals surface area contributed by atoms with Crippen molar-refractivity contribution in [2.75, 3.05) is 30.4 Å². The number of hydrogen-bond acceptors (Lipinski definition) is 3. The predicted octanol–water partition coefficient (Wildman–Crippen LogP) is 2.36. The van der Waals surface area contributed by atoms with Crippen molar-refractivity contribution in [2.45, 2.75) is 32.6 Å². The standard InChI is InChI=1S/C15H22N2O2/c1-2-10-19-11-8-15(18)17-9-4-5-12-13(16)6-3-7-14(12)17/h3,6-7H,2,4-5,8-11,16H2,1H3. The Morgan fingerprint density at radius 1 is 1.42 bits per heavy atom. The number of nitrogens with two attached hydrogens (primary N) is 1. The molecule has 0 saturated heterocycles. The molecule has 4 heteroatoms. The van der Waals surface area contributed by atoms with Crippen LogP contribution in [0.5, 0.6) is 0 Å². The molecule has 0 unspecified atom stereocenters. The summed E-state index contributed by atoms with van der Waals surface area (Å²) in [5.74, 6) is 0.127. The summed E-state index contributed by atoms with van der Waals surface area (Å²) in [6.07, 6.45) is 3.35. The lowest BCUT2D eigenvalue weighted by atomic mass is 9.99. The molecular formula is C15H22N2O2. The molecule has 0 aromatic heterocycles. The minimum Gasteiger partial charge on any atom is -0.398 e. The molecule has 0 bridgehead atoms. The summed E-state index contributed by atoms with van der Waals surface area (Å²) >= 11 is 0. The van der Waals surface area contributed by atoms with E-state index in [0.717, 1.165) is 49.4 Å². The fraction of sp³-hybridized carbons (Fsp3) is 0.533. The summed E-state index contributed by atoms with van der Waals surface area (Å²) in [7, 11) is 0. The first kappa shape index (κ1) is 13.9. The van der Waals surface area contributed by atoms with Crippen LogP contribution < -0.4 is 10.6 Å². The Bertz CT molecular complexity index is 446. The largest absolute Gasteiger partial charge is 0.398 e. The third-order valence-corrected chi connectivity index (χ3v) is 3.40. The van der Waals surface area contributed by atoms with E-state index in [9.17, 15) is 4.79 Å². The second-order valence-electron chi connectivity index (χ2n) is 4.86. The zero-order valence-corrected chi connectivity index (χ0v) is 11.5. The van der Waals surface area contributed by atoms with Crippen LogP contribution in [0.1, 0.15) is 31.7 Å². The van der Waals surface area contributed by atoms with Gasteiger partial charge >= 0.3 is 0 Å². The van der Waals surface area contributed by atoms with E-state index in [1.54, 1.807) is 0 Å². The first-order valence-electron chi connectivity index (χ1n) is 6.99. The second kappa shape index (κ2) is 6.57. The summed E-state index contributed by atoms with van der Waals surface area (Å²) in [6, 6.07) is 5.79. The summed E-state index contributed by atoms with van der Waals surface area (Å²) in [5.41, 5.74) is 8.86. The van der Waals surface area contributed by atoms with Crippen LogP contribution in [0.3, 0.4) is 0 Å². The van der Waals surface area contributed by atoms with Gasteiger partial charge in [0.05, 0.1) is 13.0 Å². The van der Waals surface area contributed by atoms with E-state index in [0.29, 0.717) is 13.0 Å². The molecular weight excluding hydrogens is 240 g/mol. The summed E-state index contributed by atoms with van der Waals surface area (Å²) in [5, 5.41) is 0. The molecule has 2 rings (SSSR count). The molecule has 1 aromatic carbocycles. The van der Waals surface area contributed by atoms with Gasteiger partial charge in [-0.05, 0) is 37.0 Å². The van der Waals surface area contributed by atoms with Crippen LogP contribution >= 0.6 is 0 Å². The molecule has 1 aliphatic heterocycles. The maximum atomic E-state index is 12.2. The van der Waals surface area contributed by atoms with Crippen LogP contribution in [-0.4, -0.2) is 25.7 Å². The first-order valence-corrected chi connectivity index (χ1v) is 6.99. The van der Waals surface area contributed by atoms with Gasteiger partial charge in [0.1, 0.15) is 0 Å². The van der Waals surface area contributed by atoms with Crippen molar-refractivity contribution in [3.63, 3.8) is 0 Å². The zero-order valence-electron chi connectivity index (χ0n) is 11.5. The highest BCUT2D eigenvalue weighted by Crippen LogP contribution is 2.31. The van der Waals surface area contributed by atoms with Crippen molar-refractivity contribution < 1.29 is 9.53 Å². The number of carbonyl (C=O) groups is 1. The molecule has 1 aliphatic rings. The molecule has 1 amide bonds. The minimum absolute atomic E-state index is 0.127. The summed E-state index contributed by atoms with van der Waals surface area (Å²) < 4.78 is 5.38. The van der Waals surface area contributed by atoms with Gasteiger partial charge in [0.25, 0.3) is 0 Å². The molecule has 0 aliphatic carbocycles. The van der Waals surface area contributed by atoms with Gasteiger partial charge in [-0.1, -0.05) is 13.0 Å². The van der Waals surface area contributed by atoms with E-state index in [2.05, 4.69) is 6.92 Å². The van der Waals surface area contributed by atoms with Crippen molar-refractivity contribution in [3.05, 3.63) is 23.8 Å². The van der Waals surface area contributed by atoms with Gasteiger partial charge in [0.2, 0.25) is 5.91 Å². The van der Waals surface area contributed by atoms with Crippen molar-refractivity contribution >= 4 is 17.3 Å². The van der Waals surface area contributed by atoms with Crippen LogP contribution in [-0.2, 0) is 16.0 Å². The highest BCUT2D eigenvalue weighted by atomic mass is 16.5. The number of hydrogen-bond donors (Lipinski definition) is 1. The lowest BCUT2D eigenvalue weighted by Crippen LogP contribution is -2.36. The lowest BCUT2D eigenvalue weighted by Gasteiger charge is -2.30. The van der Waals surface area contributed by atoms with Gasteiger partial charge in [0.15, 0.2) is 0 Å². The van der Waals surface area contributed by atoms with E-state index in [-0.39, 0.29) is 5.91 Å². The molecule has 0 radical (unpaired) electrons. The van der Waals surface area contributed by atoms with E-state index < -0.39 is 0 Å². The number of benzene rings is 1. The molecule has 0 spiro atoms. The fourth-order valence-corrected chi connectivity index (χ4v) is 2.45. The normalized spacial score (nSPS) is 14.3. The molecule has 2 N–H and O–H groups in total. The number of amides is 1. The number of nitrogen functional groups attached to an aromatic ring is 1. The van der Waals surface area contributed by atoms with Crippen molar-refractivity contribution in [3.8, 4) is 0 Å². The number of rotatable bonds is 5. The highest BCUT2D eigenvalue weighted by Gasteiger charge is 2.23. The Morgan fingerprint density at radius 3 is 3.05 bits per heavy atom. The topological polar surface area (TPSA) is 55.6 Å². The van der Waals surface area contributed by atoms with Crippen molar-refractivity contribution in [1.82, 2.24) is 0 Å². The molecule has 0 atom stereocenters. The van der Waals surface area contributed by atoms with E-state index >= 15 is 0 Å². The molecule has 104 valence electrons. The van der Waals surface area contributed by atoms with Gasteiger partial charge in [-0.2, -0.15) is 0 Å². The van der Waals surface area contributed by atoms with E-state index in [1.165, 1.54) is 0 Å². The van der Waals surface area contributed by atoms with Crippen molar-refractivity contribution in [1.29, 1.82) is 0 Å². The Labute approximate surface area is 114 Å². The van der Waals surface area contributed by atoms with Gasteiger partial charge in [0, 0.05) is 24.5 Å². The minimum atomic E-state index is 0.127. The molecule has 0 saturated carbocycles. The SMILES string of the molecule is CCCOCCC(=O)N1CCCc2c(N)cccc21. The lowest BCUT2D eigenvalue weighted by molar-refractivity contribution is -0.119. The number of ether oxygens (including phenoxy) is 1. The van der Waals surface area contributed by atoms with Gasteiger partial charge in [-0.15, -0.1) is 0 Å². The summed E-state index contributed by atoms with van der Waals surface area (Å²) in [4.78, 5) is 14.1. The number of anilines is 2. The summed E-state index contributed by atoms with van der Waals surface area (Å²) in [6.45, 7) is 4.06. The Balaban J connectivity index is 2.02. The molecule has 19 heavy (non-hydrogen) atoms. The molecule has 1 heterocycles. The maximum absolute atomic E-state index is 12.2. The monoisotopic (exact) mass is 262 g/mol. The van der Waals surface area contributed by atoms with Crippen LogP contribution in [0.15, 0.2) is 18.2 Å². The second-order valence-corrected chi connectivity index (χ2v) is 4.86. The zero-order chi connectivity index (χ0) is 13.7. The van der Waals surface area contributed by atoms with E-state index in [4.69, 9.17) is 10.5 Å². The average molecular weight is 262 g/mol. The molecule has 4 nitrogen and oxygen atoms in total. The van der Waals surface area contributed by atoms with Crippen LogP contribution in [0.25, 0.3) is 0 Å². The average Bonchev–Trinajstić information content (AvgIpc) is 2.43. The first-order chi connectivity index (χ1) is 9.24. The quantitative estimate of drug-likeness (QED) is 0.654. The Morgan fingerprint density at radius 2 is 2.26 bits per heavy atom. The Hall–Kier alpha value is -1.55. The molecule has 1 aromatic rings. The van der Waals surface area contributed by atoms with Gasteiger partial charge in [-0.3, -0.25) is 4.79 Å². The van der Waals surface area contributed by atoms with Gasteiger partial charge in [-0.25, -0.2) is 0 Å².